The molecule has 17 nitrogen and oxygen atoms in total. The average molecular weight is 1270 g/mol. The second-order valence-corrected chi connectivity index (χ2v) is 27.9. The van der Waals surface area contributed by atoms with Crippen molar-refractivity contribution in [3.8, 4) is 0 Å². The number of esters is 4. The van der Waals surface area contributed by atoms with E-state index in [0.29, 0.717) is 43.4 Å². The number of phosphoric acid groups is 2. The Hall–Kier alpha value is -2.46. The van der Waals surface area contributed by atoms with Crippen molar-refractivity contribution in [1.82, 2.24) is 0 Å². The maximum absolute atomic E-state index is 13.0. The summed E-state index contributed by atoms with van der Waals surface area (Å²) < 4.78 is 68.0. The molecule has 0 saturated carbocycles. The monoisotopic (exact) mass is 1260 g/mol. The van der Waals surface area contributed by atoms with Crippen molar-refractivity contribution in [3.05, 3.63) is 24.3 Å². The highest BCUT2D eigenvalue weighted by molar-refractivity contribution is 7.47. The van der Waals surface area contributed by atoms with Gasteiger partial charge >= 0.3 is 39.5 Å². The first-order valence-corrected chi connectivity index (χ1v) is 37.2. The van der Waals surface area contributed by atoms with Crippen molar-refractivity contribution in [2.24, 2.45) is 17.8 Å². The number of allylic oxidation sites excluding steroid dienone is 4. The van der Waals surface area contributed by atoms with Gasteiger partial charge < -0.3 is 33.8 Å². The Morgan fingerprint density at radius 3 is 0.942 bits per heavy atom. The van der Waals surface area contributed by atoms with E-state index in [9.17, 15) is 43.2 Å². The molecule has 506 valence electrons. The Labute approximate surface area is 522 Å². The van der Waals surface area contributed by atoms with Crippen molar-refractivity contribution in [1.29, 1.82) is 0 Å². The predicted octanol–water partition coefficient (Wildman–Crippen LogP) is 18.2. The first kappa shape index (κ1) is 83.5. The van der Waals surface area contributed by atoms with Crippen LogP contribution in [0, 0.1) is 17.8 Å². The van der Waals surface area contributed by atoms with Gasteiger partial charge in [0.1, 0.15) is 19.3 Å². The molecule has 0 aromatic heterocycles. The highest BCUT2D eigenvalue weighted by Gasteiger charge is 2.30. The van der Waals surface area contributed by atoms with E-state index in [0.717, 1.165) is 116 Å². The maximum Gasteiger partial charge on any atom is 0.472 e. The molecule has 5 atom stereocenters. The average Bonchev–Trinajstić information content (AvgIpc) is 3.68. The molecule has 0 aromatic rings. The summed E-state index contributed by atoms with van der Waals surface area (Å²) in [6.07, 6.45) is 42.8. The molecule has 0 aliphatic rings. The molecule has 0 aliphatic heterocycles. The number of hydrogen-bond donors (Lipinski definition) is 3. The van der Waals surface area contributed by atoms with Gasteiger partial charge in [0.05, 0.1) is 26.4 Å². The van der Waals surface area contributed by atoms with E-state index < -0.39 is 97.5 Å². The number of ether oxygens (including phenoxy) is 4. The standard InChI is InChI=1S/C67H126O17P2/c1-8-9-10-11-12-13-14-15-16-17-18-19-27-34-41-48-64(69)77-54-63(84-67(72)51-44-37-30-23-26-33-40-47-60(6)7)57-82-86(75,76)80-53-61(68)52-79-85(73,74)81-56-62(55-78-65(70)49-42-35-29-22-25-32-39-46-59(4)5)83-66(71)50-43-36-28-21-20-24-31-38-45-58(2)3/h13-16,58-63,68H,8-12,17-57H2,1-7H3,(H,73,74)(H,75,76)/b14-13-,16-15-/t61?,62-,63-/m1/s1. The quantitative estimate of drug-likeness (QED) is 0.0169. The Morgan fingerprint density at radius 1 is 0.360 bits per heavy atom. The van der Waals surface area contributed by atoms with Crippen molar-refractivity contribution in [3.63, 3.8) is 0 Å². The van der Waals surface area contributed by atoms with E-state index in [2.05, 4.69) is 72.8 Å². The Kier molecular flexibility index (Phi) is 56.0. The summed E-state index contributed by atoms with van der Waals surface area (Å²) in [5.74, 6) is -0.0541. The molecule has 0 bridgehead atoms. The molecule has 86 heavy (non-hydrogen) atoms. The SMILES string of the molecule is CCCCCC/C=C\C=C/CCCCCCCC(=O)OC[C@H](COP(=O)(O)OCC(O)COP(=O)(O)OC[C@@H](COC(=O)CCCCCCCCCC(C)C)OC(=O)CCCCCCCCCCC(C)C)OC(=O)CCCCCCCCCC(C)C. The van der Waals surface area contributed by atoms with Crippen molar-refractivity contribution < 1.29 is 80.2 Å². The lowest BCUT2D eigenvalue weighted by Gasteiger charge is -2.21. The molecule has 0 aliphatic carbocycles. The van der Waals surface area contributed by atoms with E-state index in [1.54, 1.807) is 0 Å². The Morgan fingerprint density at radius 2 is 0.628 bits per heavy atom. The minimum atomic E-state index is -4.95. The van der Waals surface area contributed by atoms with E-state index in [-0.39, 0.29) is 25.7 Å². The molecular weight excluding hydrogens is 1140 g/mol. The van der Waals surface area contributed by atoms with Crippen molar-refractivity contribution in [2.75, 3.05) is 39.6 Å². The molecule has 0 saturated heterocycles. The summed E-state index contributed by atoms with van der Waals surface area (Å²) >= 11 is 0. The van der Waals surface area contributed by atoms with Gasteiger partial charge in [0.2, 0.25) is 0 Å². The zero-order valence-electron chi connectivity index (χ0n) is 55.3. The van der Waals surface area contributed by atoms with E-state index in [4.69, 9.17) is 37.0 Å². The zero-order chi connectivity index (χ0) is 63.8. The fraction of sp³-hybridized carbons (Fsp3) is 0.881. The van der Waals surface area contributed by atoms with Crippen LogP contribution in [0.3, 0.4) is 0 Å². The van der Waals surface area contributed by atoms with Crippen LogP contribution < -0.4 is 0 Å². The fourth-order valence-electron chi connectivity index (χ4n) is 9.47. The summed E-state index contributed by atoms with van der Waals surface area (Å²) in [5.41, 5.74) is 0. The number of aliphatic hydroxyl groups is 1. The first-order chi connectivity index (χ1) is 41.2. The normalized spacial score (nSPS) is 14.5. The molecule has 0 fully saturated rings. The van der Waals surface area contributed by atoms with Gasteiger partial charge in [0, 0.05) is 25.7 Å². The maximum atomic E-state index is 13.0. The van der Waals surface area contributed by atoms with Gasteiger partial charge in [-0.1, -0.05) is 253 Å². The van der Waals surface area contributed by atoms with Crippen LogP contribution in [-0.4, -0.2) is 96.7 Å². The molecule has 0 rings (SSSR count). The van der Waals surface area contributed by atoms with E-state index >= 15 is 0 Å². The van der Waals surface area contributed by atoms with Gasteiger partial charge in [0.25, 0.3) is 0 Å². The zero-order valence-corrected chi connectivity index (χ0v) is 57.0. The lowest BCUT2D eigenvalue weighted by molar-refractivity contribution is -0.161. The molecule has 0 aromatic carbocycles. The molecule has 0 spiro atoms. The summed E-state index contributed by atoms with van der Waals surface area (Å²) in [7, 11) is -9.90. The largest absolute Gasteiger partial charge is 0.472 e. The minimum absolute atomic E-state index is 0.0960. The summed E-state index contributed by atoms with van der Waals surface area (Å²) in [5, 5.41) is 10.5. The van der Waals surface area contributed by atoms with Crippen molar-refractivity contribution in [2.45, 2.75) is 324 Å². The highest BCUT2D eigenvalue weighted by Crippen LogP contribution is 2.45. The van der Waals surface area contributed by atoms with Crippen LogP contribution in [0.5, 0.6) is 0 Å². The van der Waals surface area contributed by atoms with Crippen LogP contribution in [0.4, 0.5) is 0 Å². The second kappa shape index (κ2) is 57.7. The van der Waals surface area contributed by atoms with E-state index in [1.807, 2.05) is 0 Å². The third kappa shape index (κ3) is 60.5. The molecule has 0 heterocycles. The summed E-state index contributed by atoms with van der Waals surface area (Å²) in [6.45, 7) is 11.6. The van der Waals surface area contributed by atoms with Gasteiger partial charge in [-0.2, -0.15) is 0 Å². The van der Waals surface area contributed by atoms with Crippen LogP contribution in [0.1, 0.15) is 305 Å². The lowest BCUT2D eigenvalue weighted by Crippen LogP contribution is -2.30. The fourth-order valence-corrected chi connectivity index (χ4v) is 11.0. The van der Waals surface area contributed by atoms with Gasteiger partial charge in [0.15, 0.2) is 12.2 Å². The number of aliphatic hydroxyl groups excluding tert-OH is 1. The first-order valence-electron chi connectivity index (χ1n) is 34.2. The topological polar surface area (TPSA) is 237 Å². The third-order valence-corrected chi connectivity index (χ3v) is 16.7. The van der Waals surface area contributed by atoms with Gasteiger partial charge in [-0.15, -0.1) is 0 Å². The van der Waals surface area contributed by atoms with Crippen LogP contribution in [0.15, 0.2) is 24.3 Å². The highest BCUT2D eigenvalue weighted by atomic mass is 31.2. The molecule has 19 heteroatoms. The number of unbranched alkanes of at least 4 members (excludes halogenated alkanes) is 28. The Bertz CT molecular complexity index is 1790. The predicted molar refractivity (Wildman–Crippen MR) is 344 cm³/mol. The number of hydrogen-bond acceptors (Lipinski definition) is 15. The van der Waals surface area contributed by atoms with Gasteiger partial charge in [-0.3, -0.25) is 37.3 Å². The summed E-state index contributed by atoms with van der Waals surface area (Å²) in [4.78, 5) is 72.3. The Balaban J connectivity index is 5.26. The second-order valence-electron chi connectivity index (χ2n) is 25.0. The van der Waals surface area contributed by atoms with Gasteiger partial charge in [-0.05, 0) is 69.1 Å². The molecule has 3 unspecified atom stereocenters. The van der Waals surface area contributed by atoms with Crippen LogP contribution in [-0.2, 0) is 65.4 Å². The molecule has 0 amide bonds. The molecule has 0 radical (unpaired) electrons. The minimum Gasteiger partial charge on any atom is -0.462 e. The summed E-state index contributed by atoms with van der Waals surface area (Å²) in [6, 6.07) is 0. The van der Waals surface area contributed by atoms with Crippen LogP contribution in [0.25, 0.3) is 0 Å². The van der Waals surface area contributed by atoms with Crippen LogP contribution >= 0.6 is 15.6 Å². The lowest BCUT2D eigenvalue weighted by atomic mass is 10.0. The van der Waals surface area contributed by atoms with Gasteiger partial charge in [-0.25, -0.2) is 9.13 Å². The number of carbonyl (C=O) groups excluding carboxylic acids is 4. The van der Waals surface area contributed by atoms with Crippen molar-refractivity contribution >= 4 is 39.5 Å². The number of carbonyl (C=O) groups is 4. The number of phosphoric ester groups is 2. The van der Waals surface area contributed by atoms with E-state index in [1.165, 1.54) is 89.9 Å². The molecule has 3 N–H and O–H groups in total. The third-order valence-electron chi connectivity index (χ3n) is 14.8. The smallest absolute Gasteiger partial charge is 0.462 e. The van der Waals surface area contributed by atoms with Crippen LogP contribution in [0.2, 0.25) is 0 Å². The molecular formula is C67H126O17P2. The number of rotatable bonds is 63.